The summed E-state index contributed by atoms with van der Waals surface area (Å²) < 4.78 is 61.9. The van der Waals surface area contributed by atoms with E-state index in [0.717, 1.165) is 18.3 Å². The lowest BCUT2D eigenvalue weighted by atomic mass is 10.0. The number of halogens is 4. The van der Waals surface area contributed by atoms with E-state index >= 15 is 4.39 Å². The molecule has 42 heavy (non-hydrogen) atoms. The van der Waals surface area contributed by atoms with Crippen LogP contribution in [0.3, 0.4) is 0 Å². The third kappa shape index (κ3) is 4.62. The van der Waals surface area contributed by atoms with Gasteiger partial charge >= 0.3 is 6.18 Å². The Morgan fingerprint density at radius 3 is 2.69 bits per heavy atom. The Morgan fingerprint density at radius 2 is 1.95 bits per heavy atom. The van der Waals surface area contributed by atoms with Gasteiger partial charge in [-0.25, -0.2) is 19.3 Å². The fraction of sp³-hybridized carbons (Fsp3) is 0.250. The minimum Gasteiger partial charge on any atom is -0.382 e. The van der Waals surface area contributed by atoms with Gasteiger partial charge in [-0.2, -0.15) is 13.2 Å². The zero-order valence-corrected chi connectivity index (χ0v) is 21.8. The number of rotatable bonds is 5. The predicted octanol–water partition coefficient (Wildman–Crippen LogP) is 4.26. The van der Waals surface area contributed by atoms with E-state index in [1.165, 1.54) is 24.4 Å². The number of nitrogen functional groups attached to an aromatic ring is 1. The van der Waals surface area contributed by atoms with E-state index in [0.29, 0.717) is 37.0 Å². The monoisotopic (exact) mass is 581 g/mol. The minimum atomic E-state index is -4.62. The van der Waals surface area contributed by atoms with Crippen LogP contribution < -0.4 is 11.1 Å². The number of nitrogens with two attached hydrogens (primary N) is 1. The predicted molar refractivity (Wildman–Crippen MR) is 142 cm³/mol. The van der Waals surface area contributed by atoms with E-state index in [4.69, 9.17) is 15.5 Å². The molecule has 2 fully saturated rings. The molecule has 0 aliphatic carbocycles. The second-order valence-corrected chi connectivity index (χ2v) is 9.99. The molecular weight excluding hydrogens is 558 g/mol. The maximum atomic E-state index is 15.6. The maximum Gasteiger partial charge on any atom is 0.416 e. The summed E-state index contributed by atoms with van der Waals surface area (Å²) >= 11 is 0. The van der Waals surface area contributed by atoms with Gasteiger partial charge < -0.3 is 20.7 Å². The molecule has 3 atom stereocenters. The highest BCUT2D eigenvalue weighted by Crippen LogP contribution is 2.44. The molecule has 10 nitrogen and oxygen atoms in total. The zero-order chi connectivity index (χ0) is 29.8. The van der Waals surface area contributed by atoms with Crippen molar-refractivity contribution in [1.29, 1.82) is 0 Å². The summed E-state index contributed by atoms with van der Waals surface area (Å²) in [5.41, 5.74) is 5.54. The molecular formula is C28H23F4N7O3. The number of hydrogen-bond acceptors (Lipinski definition) is 7. The van der Waals surface area contributed by atoms with Crippen LogP contribution in [0.25, 0.3) is 16.8 Å². The summed E-state index contributed by atoms with van der Waals surface area (Å²) in [5.74, 6) is -1.69. The molecule has 3 N–H and O–H groups in total. The Labute approximate surface area is 235 Å². The quantitative estimate of drug-likeness (QED) is 0.266. The van der Waals surface area contributed by atoms with Gasteiger partial charge in [0.1, 0.15) is 34.5 Å². The van der Waals surface area contributed by atoms with Crippen LogP contribution in [0.15, 0.2) is 61.6 Å². The van der Waals surface area contributed by atoms with Crippen molar-refractivity contribution in [1.82, 2.24) is 24.3 Å². The van der Waals surface area contributed by atoms with E-state index < -0.39 is 29.5 Å². The smallest absolute Gasteiger partial charge is 0.382 e. The van der Waals surface area contributed by atoms with E-state index in [1.807, 2.05) is 0 Å². The average molecular weight is 582 g/mol. The molecule has 1 unspecified atom stereocenters. The number of amides is 2. The van der Waals surface area contributed by atoms with Crippen LogP contribution in [0.4, 0.5) is 29.2 Å². The summed E-state index contributed by atoms with van der Waals surface area (Å²) in [7, 11) is 0. The molecule has 2 amide bonds. The summed E-state index contributed by atoms with van der Waals surface area (Å²) in [4.78, 5) is 39.9. The molecule has 6 rings (SSSR count). The first-order valence-electron chi connectivity index (χ1n) is 12.9. The van der Waals surface area contributed by atoms with Gasteiger partial charge in [0.2, 0.25) is 5.91 Å². The number of fused-ring (bicyclic) bond motifs is 2. The van der Waals surface area contributed by atoms with E-state index in [9.17, 15) is 22.8 Å². The second kappa shape index (κ2) is 10.2. The standard InChI is InChI=1S/C28H23F4N7O3/c1-2-22(40)39-19(10-15-12-42-13-20(15)39)26-37-23(24-25(33)35-7-8-38(24)26)17-4-3-14(9-18(17)29)27(41)36-21-11-16(5-6-34-21)28(30,31)32/h2-9,11,15,19-20H,1,10,12-13H2,(H2,33,35)(H,34,36,41)/t15?,19-,20+/m0/s1. The number of benzene rings is 1. The van der Waals surface area contributed by atoms with Gasteiger partial charge in [-0.05, 0) is 42.8 Å². The number of pyridine rings is 1. The number of carbonyl (C=O) groups is 2. The van der Waals surface area contributed by atoms with Crippen LogP contribution in [0.5, 0.6) is 0 Å². The lowest BCUT2D eigenvalue weighted by Crippen LogP contribution is -2.39. The van der Waals surface area contributed by atoms with Gasteiger partial charge in [-0.3, -0.25) is 14.0 Å². The average Bonchev–Trinajstić information content (AvgIpc) is 3.66. The first kappa shape index (κ1) is 27.3. The third-order valence-corrected chi connectivity index (χ3v) is 7.54. The molecule has 4 aromatic rings. The van der Waals surface area contributed by atoms with E-state index in [1.54, 1.807) is 15.5 Å². The van der Waals surface area contributed by atoms with Crippen LogP contribution in [0.1, 0.15) is 34.2 Å². The summed E-state index contributed by atoms with van der Waals surface area (Å²) in [6.45, 7) is 4.51. The summed E-state index contributed by atoms with van der Waals surface area (Å²) in [6, 6.07) is 4.41. The van der Waals surface area contributed by atoms with Crippen molar-refractivity contribution in [2.24, 2.45) is 5.92 Å². The first-order chi connectivity index (χ1) is 20.1. The van der Waals surface area contributed by atoms with Crippen molar-refractivity contribution in [2.45, 2.75) is 24.7 Å². The Kier molecular flexibility index (Phi) is 6.64. The molecule has 3 aromatic heterocycles. The lowest BCUT2D eigenvalue weighted by Gasteiger charge is -2.27. The number of aromatic nitrogens is 4. The van der Waals surface area contributed by atoms with Crippen LogP contribution in [-0.4, -0.2) is 55.3 Å². The molecule has 0 saturated carbocycles. The van der Waals surface area contributed by atoms with Gasteiger partial charge in [0.15, 0.2) is 0 Å². The van der Waals surface area contributed by atoms with Crippen molar-refractivity contribution in [3.05, 3.63) is 84.3 Å². The number of ether oxygens (including phenoxy) is 1. The zero-order valence-electron chi connectivity index (χ0n) is 21.8. The molecule has 2 aliphatic heterocycles. The lowest BCUT2D eigenvalue weighted by molar-refractivity contribution is -0.137. The van der Waals surface area contributed by atoms with Gasteiger partial charge in [0, 0.05) is 35.6 Å². The molecule has 2 saturated heterocycles. The number of imidazole rings is 1. The Morgan fingerprint density at radius 1 is 1.14 bits per heavy atom. The molecule has 2 aliphatic rings. The first-order valence-corrected chi connectivity index (χ1v) is 12.9. The number of nitrogens with zero attached hydrogens (tertiary/aromatic N) is 5. The van der Waals surface area contributed by atoms with Crippen LogP contribution in [-0.2, 0) is 15.7 Å². The van der Waals surface area contributed by atoms with Crippen molar-refractivity contribution in [3.63, 3.8) is 0 Å². The van der Waals surface area contributed by atoms with E-state index in [2.05, 4.69) is 21.9 Å². The molecule has 14 heteroatoms. The second-order valence-electron chi connectivity index (χ2n) is 9.99. The summed E-state index contributed by atoms with van der Waals surface area (Å²) in [6.07, 6.45) is 1.19. The number of hydrogen-bond donors (Lipinski definition) is 2. The van der Waals surface area contributed by atoms with Gasteiger partial charge in [0.25, 0.3) is 5.91 Å². The largest absolute Gasteiger partial charge is 0.416 e. The van der Waals surface area contributed by atoms with Crippen LogP contribution in [0, 0.1) is 11.7 Å². The maximum absolute atomic E-state index is 15.6. The topological polar surface area (TPSA) is 128 Å². The van der Waals surface area contributed by atoms with Gasteiger partial charge in [-0.15, -0.1) is 0 Å². The molecule has 1 aromatic carbocycles. The molecule has 216 valence electrons. The van der Waals surface area contributed by atoms with Crippen molar-refractivity contribution in [2.75, 3.05) is 24.3 Å². The highest BCUT2D eigenvalue weighted by atomic mass is 19.4. The molecule has 5 heterocycles. The third-order valence-electron chi connectivity index (χ3n) is 7.54. The number of alkyl halides is 3. The SMILES string of the molecule is C=CC(=O)N1[C@@H]2COCC2C[C@H]1c1nc(-c2ccc(C(=O)Nc3cc(C(F)(F)F)ccn3)cc2F)c2c(N)nccn12. The highest BCUT2D eigenvalue weighted by molar-refractivity contribution is 6.04. The number of likely N-dealkylation sites (tertiary alicyclic amines) is 1. The molecule has 0 spiro atoms. The van der Waals surface area contributed by atoms with E-state index in [-0.39, 0.29) is 46.3 Å². The number of nitrogens with one attached hydrogen (secondary N) is 1. The minimum absolute atomic E-state index is 0.00955. The summed E-state index contributed by atoms with van der Waals surface area (Å²) in [5, 5.41) is 2.26. The highest BCUT2D eigenvalue weighted by Gasteiger charge is 2.48. The molecule has 0 bridgehead atoms. The molecule has 0 radical (unpaired) electrons. The number of carbonyl (C=O) groups excluding carboxylic acids is 2. The Hall–Kier alpha value is -4.85. The van der Waals surface area contributed by atoms with Crippen LogP contribution >= 0.6 is 0 Å². The fourth-order valence-corrected chi connectivity index (χ4v) is 5.63. The normalized spacial score (nSPS) is 20.1. The Bertz CT molecular complexity index is 1740. The van der Waals surface area contributed by atoms with Crippen molar-refractivity contribution in [3.8, 4) is 11.3 Å². The van der Waals surface area contributed by atoms with Gasteiger partial charge in [0.05, 0.1) is 30.9 Å². The fourth-order valence-electron chi connectivity index (χ4n) is 5.63. The Balaban J connectivity index is 1.36. The van der Waals surface area contributed by atoms with Crippen LogP contribution in [0.2, 0.25) is 0 Å². The number of anilines is 2. The van der Waals surface area contributed by atoms with Gasteiger partial charge in [-0.1, -0.05) is 6.58 Å². The van der Waals surface area contributed by atoms with Crippen molar-refractivity contribution >= 4 is 29.0 Å². The van der Waals surface area contributed by atoms with Crippen molar-refractivity contribution < 1.29 is 31.9 Å².